The van der Waals surface area contributed by atoms with E-state index < -0.39 is 0 Å². The summed E-state index contributed by atoms with van der Waals surface area (Å²) in [6.07, 6.45) is 0. The topological polar surface area (TPSA) is 37.0 Å². The molecule has 0 aliphatic carbocycles. The average Bonchev–Trinajstić information content (AvgIpc) is 2.50. The standard InChI is InChI=1S/C7H13N3S/c1-5(8-2)6-4-11-7(9-3)10-6/h4-5,8H,1-3H3,(H,9,10). The highest BCUT2D eigenvalue weighted by Gasteiger charge is 2.05. The number of aromatic nitrogens is 1. The molecule has 0 fully saturated rings. The summed E-state index contributed by atoms with van der Waals surface area (Å²) in [5.74, 6) is 0. The van der Waals surface area contributed by atoms with Crippen molar-refractivity contribution in [2.45, 2.75) is 13.0 Å². The lowest BCUT2D eigenvalue weighted by Crippen LogP contribution is -2.12. The largest absolute Gasteiger partial charge is 0.365 e. The zero-order valence-electron chi connectivity index (χ0n) is 7.01. The number of hydrogen-bond acceptors (Lipinski definition) is 4. The van der Waals surface area contributed by atoms with Crippen LogP contribution in [0.3, 0.4) is 0 Å². The predicted octanol–water partition coefficient (Wildman–Crippen LogP) is 1.47. The van der Waals surface area contributed by atoms with Crippen LogP contribution < -0.4 is 10.6 Å². The van der Waals surface area contributed by atoms with Gasteiger partial charge in [0, 0.05) is 18.5 Å². The summed E-state index contributed by atoms with van der Waals surface area (Å²) in [5, 5.41) is 9.18. The normalized spacial score (nSPS) is 13.0. The first kappa shape index (κ1) is 8.49. The number of hydrogen-bond donors (Lipinski definition) is 2. The monoisotopic (exact) mass is 171 g/mol. The fourth-order valence-corrected chi connectivity index (χ4v) is 1.51. The minimum absolute atomic E-state index is 0.341. The Bertz CT molecular complexity index is 221. The SMILES string of the molecule is CNc1nc(C(C)NC)cs1. The van der Waals surface area contributed by atoms with E-state index >= 15 is 0 Å². The number of thiazole rings is 1. The lowest BCUT2D eigenvalue weighted by molar-refractivity contribution is 0.637. The van der Waals surface area contributed by atoms with Gasteiger partial charge in [-0.05, 0) is 14.0 Å². The Balaban J connectivity index is 2.71. The molecule has 1 unspecified atom stereocenters. The van der Waals surface area contributed by atoms with Gasteiger partial charge in [-0.25, -0.2) is 4.98 Å². The molecule has 0 saturated carbocycles. The van der Waals surface area contributed by atoms with Crippen LogP contribution in [0.2, 0.25) is 0 Å². The molecule has 3 nitrogen and oxygen atoms in total. The maximum atomic E-state index is 4.34. The van der Waals surface area contributed by atoms with E-state index in [1.54, 1.807) is 11.3 Å². The summed E-state index contributed by atoms with van der Waals surface area (Å²) < 4.78 is 0. The summed E-state index contributed by atoms with van der Waals surface area (Å²) >= 11 is 1.63. The van der Waals surface area contributed by atoms with Gasteiger partial charge in [-0.15, -0.1) is 11.3 Å². The lowest BCUT2D eigenvalue weighted by atomic mass is 10.3. The molecule has 1 rings (SSSR count). The van der Waals surface area contributed by atoms with Gasteiger partial charge in [-0.3, -0.25) is 0 Å². The first-order valence-electron chi connectivity index (χ1n) is 3.58. The first-order valence-corrected chi connectivity index (χ1v) is 4.46. The Morgan fingerprint density at radius 3 is 2.73 bits per heavy atom. The zero-order valence-corrected chi connectivity index (χ0v) is 7.83. The summed E-state index contributed by atoms with van der Waals surface area (Å²) in [6, 6.07) is 0.341. The molecule has 62 valence electrons. The Kier molecular flexibility index (Phi) is 2.84. The van der Waals surface area contributed by atoms with Gasteiger partial charge in [0.2, 0.25) is 0 Å². The third kappa shape index (κ3) is 1.91. The second-order valence-corrected chi connectivity index (χ2v) is 3.20. The van der Waals surface area contributed by atoms with Gasteiger partial charge in [-0.2, -0.15) is 0 Å². The number of nitrogens with one attached hydrogen (secondary N) is 2. The Morgan fingerprint density at radius 1 is 1.55 bits per heavy atom. The van der Waals surface area contributed by atoms with Crippen molar-refractivity contribution in [2.24, 2.45) is 0 Å². The second-order valence-electron chi connectivity index (χ2n) is 2.34. The lowest BCUT2D eigenvalue weighted by Gasteiger charge is -2.04. The molecule has 0 radical (unpaired) electrons. The van der Waals surface area contributed by atoms with E-state index in [2.05, 4.69) is 27.9 Å². The highest BCUT2D eigenvalue weighted by atomic mass is 32.1. The van der Waals surface area contributed by atoms with Crippen LogP contribution in [-0.2, 0) is 0 Å². The van der Waals surface area contributed by atoms with E-state index in [-0.39, 0.29) is 0 Å². The first-order chi connectivity index (χ1) is 5.27. The molecule has 0 bridgehead atoms. The van der Waals surface area contributed by atoms with Crippen LogP contribution in [0.4, 0.5) is 5.13 Å². The molecule has 0 aromatic carbocycles. The summed E-state index contributed by atoms with van der Waals surface area (Å²) in [5.41, 5.74) is 1.10. The third-order valence-corrected chi connectivity index (χ3v) is 2.49. The van der Waals surface area contributed by atoms with E-state index in [1.807, 2.05) is 14.1 Å². The summed E-state index contributed by atoms with van der Waals surface area (Å²) in [7, 11) is 3.82. The van der Waals surface area contributed by atoms with Gasteiger partial charge in [0.1, 0.15) is 0 Å². The third-order valence-electron chi connectivity index (χ3n) is 1.61. The van der Waals surface area contributed by atoms with Crippen molar-refractivity contribution in [3.05, 3.63) is 11.1 Å². The smallest absolute Gasteiger partial charge is 0.182 e. The molecule has 0 aliphatic heterocycles. The fraction of sp³-hybridized carbons (Fsp3) is 0.571. The van der Waals surface area contributed by atoms with E-state index in [9.17, 15) is 0 Å². The van der Waals surface area contributed by atoms with Crippen molar-refractivity contribution >= 4 is 16.5 Å². The van der Waals surface area contributed by atoms with Crippen molar-refractivity contribution < 1.29 is 0 Å². The van der Waals surface area contributed by atoms with Gasteiger partial charge in [0.15, 0.2) is 5.13 Å². The maximum Gasteiger partial charge on any atom is 0.182 e. The summed E-state index contributed by atoms with van der Waals surface area (Å²) in [4.78, 5) is 4.34. The van der Waals surface area contributed by atoms with Crippen LogP contribution >= 0.6 is 11.3 Å². The zero-order chi connectivity index (χ0) is 8.27. The second kappa shape index (κ2) is 3.69. The van der Waals surface area contributed by atoms with Crippen molar-refractivity contribution in [1.82, 2.24) is 10.3 Å². The molecule has 0 spiro atoms. The Labute approximate surface area is 70.9 Å². The molecule has 0 amide bonds. The molecule has 4 heteroatoms. The van der Waals surface area contributed by atoms with Crippen molar-refractivity contribution in [2.75, 3.05) is 19.4 Å². The van der Waals surface area contributed by atoms with E-state index in [1.165, 1.54) is 0 Å². The van der Waals surface area contributed by atoms with Gasteiger partial charge in [0.05, 0.1) is 5.69 Å². The van der Waals surface area contributed by atoms with Crippen molar-refractivity contribution in [3.63, 3.8) is 0 Å². The minimum atomic E-state index is 0.341. The molecule has 11 heavy (non-hydrogen) atoms. The number of anilines is 1. The van der Waals surface area contributed by atoms with Crippen LogP contribution in [0.5, 0.6) is 0 Å². The van der Waals surface area contributed by atoms with Gasteiger partial charge in [0.25, 0.3) is 0 Å². The van der Waals surface area contributed by atoms with Crippen LogP contribution in [-0.4, -0.2) is 19.1 Å². The molecule has 1 aromatic rings. The van der Waals surface area contributed by atoms with Gasteiger partial charge < -0.3 is 10.6 Å². The summed E-state index contributed by atoms with van der Waals surface area (Å²) in [6.45, 7) is 2.09. The van der Waals surface area contributed by atoms with E-state index in [0.29, 0.717) is 6.04 Å². The Morgan fingerprint density at radius 2 is 2.27 bits per heavy atom. The highest BCUT2D eigenvalue weighted by molar-refractivity contribution is 7.13. The molecule has 0 aliphatic rings. The molecule has 1 heterocycles. The minimum Gasteiger partial charge on any atom is -0.365 e. The molecule has 0 saturated heterocycles. The number of nitrogens with zero attached hydrogens (tertiary/aromatic N) is 1. The maximum absolute atomic E-state index is 4.34. The van der Waals surface area contributed by atoms with Crippen LogP contribution in [0.15, 0.2) is 5.38 Å². The Hall–Kier alpha value is -0.610. The van der Waals surface area contributed by atoms with E-state index in [4.69, 9.17) is 0 Å². The van der Waals surface area contributed by atoms with Crippen LogP contribution in [0.25, 0.3) is 0 Å². The van der Waals surface area contributed by atoms with Crippen molar-refractivity contribution in [1.29, 1.82) is 0 Å². The predicted molar refractivity (Wildman–Crippen MR) is 49.1 cm³/mol. The molecule has 1 atom stereocenters. The van der Waals surface area contributed by atoms with E-state index in [0.717, 1.165) is 10.8 Å². The molecule has 2 N–H and O–H groups in total. The van der Waals surface area contributed by atoms with Gasteiger partial charge >= 0.3 is 0 Å². The fourth-order valence-electron chi connectivity index (χ4n) is 0.748. The van der Waals surface area contributed by atoms with Crippen molar-refractivity contribution in [3.8, 4) is 0 Å². The number of rotatable bonds is 3. The van der Waals surface area contributed by atoms with Crippen LogP contribution in [0, 0.1) is 0 Å². The highest BCUT2D eigenvalue weighted by Crippen LogP contribution is 2.19. The average molecular weight is 171 g/mol. The quantitative estimate of drug-likeness (QED) is 0.723. The van der Waals surface area contributed by atoms with Crippen LogP contribution in [0.1, 0.15) is 18.7 Å². The van der Waals surface area contributed by atoms with Gasteiger partial charge in [-0.1, -0.05) is 0 Å². The molecule has 1 aromatic heterocycles. The molecular weight excluding hydrogens is 158 g/mol. The molecular formula is C7H13N3S.